The summed E-state index contributed by atoms with van der Waals surface area (Å²) in [5.74, 6) is 0. The molecule has 56 valence electrons. The zero-order chi connectivity index (χ0) is 6.50. The Kier molecular flexibility index (Phi) is 31.7. The van der Waals surface area contributed by atoms with Crippen molar-refractivity contribution in [2.75, 3.05) is 0 Å². The van der Waals surface area contributed by atoms with Crippen LogP contribution >= 0.6 is 9.82 Å². The molecular formula is H3CoLiMnO4SW. The van der Waals surface area contributed by atoms with E-state index in [9.17, 15) is 0 Å². The Balaban J connectivity index is -0.0000000286. The first-order valence-electron chi connectivity index (χ1n) is 0.813. The van der Waals surface area contributed by atoms with E-state index in [-0.39, 0.29) is 35.6 Å². The molecule has 0 heterocycles. The quantitative estimate of drug-likeness (QED) is 0.489. The summed E-state index contributed by atoms with van der Waals surface area (Å²) in [6.45, 7) is 0. The fourth-order valence-electron chi connectivity index (χ4n) is 0. The van der Waals surface area contributed by atoms with Crippen LogP contribution in [0.3, 0.4) is 0 Å². The third-order valence-corrected chi connectivity index (χ3v) is 0. The molecule has 0 aromatic heterocycles. The second-order valence-electron chi connectivity index (χ2n) is 0.415. The van der Waals surface area contributed by atoms with Crippen LogP contribution < -0.4 is 0 Å². The molecule has 9 heavy (non-hydrogen) atoms. The number of hydrogen-bond donors (Lipinski definition) is 2. The summed E-state index contributed by atoms with van der Waals surface area (Å²) in [5.41, 5.74) is 0. The Morgan fingerprint density at radius 3 is 1.22 bits per heavy atom. The van der Waals surface area contributed by atoms with Gasteiger partial charge in [-0.3, -0.25) is 0 Å². The second kappa shape index (κ2) is 12.7. The molecule has 0 amide bonds. The van der Waals surface area contributed by atoms with E-state index in [1.54, 1.807) is 0 Å². The van der Waals surface area contributed by atoms with Crippen molar-refractivity contribution in [3.63, 3.8) is 0 Å². The molecule has 0 bridgehead atoms. The molecule has 0 atom stereocenters. The summed E-state index contributed by atoms with van der Waals surface area (Å²) >= 11 is -3.96. The summed E-state index contributed by atoms with van der Waals surface area (Å²) < 4.78 is 31.8. The van der Waals surface area contributed by atoms with Crippen LogP contribution in [-0.2, 0) is 55.8 Å². The molecule has 0 fully saturated rings. The fraction of sp³-hybridized carbons (Fsp3) is 0. The predicted octanol–water partition coefficient (Wildman–Crippen LogP) is -1.36. The Labute approximate surface area is 91.8 Å². The van der Waals surface area contributed by atoms with Crippen LogP contribution in [0.5, 0.6) is 0 Å². The minimum atomic E-state index is -5.12. The van der Waals surface area contributed by atoms with Crippen molar-refractivity contribution in [3.05, 3.63) is 0 Å². The van der Waals surface area contributed by atoms with E-state index in [1.807, 2.05) is 0 Å². The van der Waals surface area contributed by atoms with Gasteiger partial charge in [0.15, 0.2) is 0 Å². The standard InChI is InChI=1S/Co.Li.Mn.2H2O.2O.S.W.H/h;;;2*1H2;;;;;/q;;+2;;;;;;;/p-2. The molecule has 0 aromatic rings. The molecule has 0 aromatic carbocycles. The molecule has 1 radical (unpaired) electrons. The molecule has 9 heteroatoms. The van der Waals surface area contributed by atoms with Crippen molar-refractivity contribution < 1.29 is 64.2 Å². The topological polar surface area (TPSA) is 74.6 Å². The van der Waals surface area contributed by atoms with Crippen molar-refractivity contribution in [2.24, 2.45) is 0 Å². The molecule has 0 aliphatic carbocycles. The Morgan fingerprint density at radius 2 is 1.22 bits per heavy atom. The molecular weight excluding hydrogens is 401 g/mol. The van der Waals surface area contributed by atoms with E-state index >= 15 is 0 Å². The van der Waals surface area contributed by atoms with Gasteiger partial charge in [0.1, 0.15) is 0 Å². The van der Waals surface area contributed by atoms with Crippen LogP contribution in [0.4, 0.5) is 0 Å². The molecule has 0 rings (SSSR count). The van der Waals surface area contributed by atoms with Crippen LogP contribution in [0.15, 0.2) is 0 Å². The fourth-order valence-corrected chi connectivity index (χ4v) is 0. The van der Waals surface area contributed by atoms with Crippen molar-refractivity contribution in [1.29, 1.82) is 0 Å². The van der Waals surface area contributed by atoms with E-state index in [4.69, 9.17) is 16.0 Å². The first-order chi connectivity index (χ1) is 3.00. The number of hydrogen-bond acceptors (Lipinski definition) is 3. The number of rotatable bonds is 0. The van der Waals surface area contributed by atoms with Gasteiger partial charge in [-0.05, 0) is 0 Å². The summed E-state index contributed by atoms with van der Waals surface area (Å²) in [6, 6.07) is 0. The maximum atomic E-state index is 8.80. The molecule has 2 N–H and O–H groups in total. The van der Waals surface area contributed by atoms with Gasteiger partial charge in [0, 0.05) is 16.8 Å². The normalized spacial score (nSPS) is 6.89. The summed E-state index contributed by atoms with van der Waals surface area (Å²) in [4.78, 5) is 0. The average Bonchev–Trinajstić information content (AvgIpc) is 1.36. The van der Waals surface area contributed by atoms with E-state index in [0.29, 0.717) is 0 Å². The molecule has 0 unspecified atom stereocenters. The van der Waals surface area contributed by atoms with E-state index in [2.05, 4.69) is 9.82 Å². The van der Waals surface area contributed by atoms with Crippen LogP contribution in [0.2, 0.25) is 0 Å². The zero-order valence-corrected chi connectivity index (χ0v) is 9.21. The van der Waals surface area contributed by atoms with Gasteiger partial charge >= 0.3 is 76.1 Å². The SMILES string of the molecule is [Co].[LiH].[O]=[Mn](=[O])([OH])[OH].[S]=[W]. The average molecular weight is 404 g/mol. The molecule has 0 saturated carbocycles. The maximum absolute atomic E-state index is 8.80. The van der Waals surface area contributed by atoms with Gasteiger partial charge in [0.25, 0.3) is 0 Å². The predicted molar refractivity (Wildman–Crippen MR) is 20.6 cm³/mol. The van der Waals surface area contributed by atoms with Gasteiger partial charge in [0.2, 0.25) is 0 Å². The van der Waals surface area contributed by atoms with E-state index in [0.717, 1.165) is 0 Å². The second-order valence-corrected chi connectivity index (χ2v) is 1.71. The Morgan fingerprint density at radius 1 is 1.22 bits per heavy atom. The van der Waals surface area contributed by atoms with Gasteiger partial charge in [-0.25, -0.2) is 0 Å². The van der Waals surface area contributed by atoms with Crippen molar-refractivity contribution in [2.45, 2.75) is 0 Å². The van der Waals surface area contributed by atoms with Crippen molar-refractivity contribution in [3.8, 4) is 0 Å². The van der Waals surface area contributed by atoms with Gasteiger partial charge in [-0.15, -0.1) is 0 Å². The van der Waals surface area contributed by atoms with Crippen LogP contribution in [0.25, 0.3) is 0 Å². The van der Waals surface area contributed by atoms with Gasteiger partial charge < -0.3 is 0 Å². The summed E-state index contributed by atoms with van der Waals surface area (Å²) in [5, 5.41) is 0. The minimum absolute atomic E-state index is 0. The van der Waals surface area contributed by atoms with Crippen LogP contribution in [0.1, 0.15) is 0 Å². The van der Waals surface area contributed by atoms with Crippen molar-refractivity contribution >= 4 is 28.7 Å². The van der Waals surface area contributed by atoms with Gasteiger partial charge in [0.05, 0.1) is 0 Å². The molecule has 0 aliphatic heterocycles. The Bertz CT molecular complexity index is 115. The molecule has 0 saturated heterocycles. The van der Waals surface area contributed by atoms with Gasteiger partial charge in [-0.1, -0.05) is 0 Å². The zero-order valence-electron chi connectivity index (χ0n) is 3.24. The Hall–Kier alpha value is 2.05. The van der Waals surface area contributed by atoms with E-state index in [1.165, 1.54) is 18.0 Å². The van der Waals surface area contributed by atoms with Crippen LogP contribution in [0, 0.1) is 0 Å². The summed E-state index contributed by atoms with van der Waals surface area (Å²) in [7, 11) is 4.17. The van der Waals surface area contributed by atoms with Crippen molar-refractivity contribution in [1.82, 2.24) is 0 Å². The third-order valence-electron chi connectivity index (χ3n) is 0. The van der Waals surface area contributed by atoms with E-state index < -0.39 is 13.4 Å². The monoisotopic (exact) mass is 404 g/mol. The first kappa shape index (κ1) is 22.5. The molecule has 0 spiro atoms. The molecule has 4 nitrogen and oxygen atoms in total. The van der Waals surface area contributed by atoms with Crippen LogP contribution in [-0.4, -0.2) is 27.2 Å². The molecule has 0 aliphatic rings. The third kappa shape index (κ3) is 155. The first-order valence-corrected chi connectivity index (χ1v) is 6.76. The van der Waals surface area contributed by atoms with Gasteiger partial charge in [-0.2, -0.15) is 0 Å². The summed E-state index contributed by atoms with van der Waals surface area (Å²) in [6.07, 6.45) is 0.